The molecule has 0 aliphatic carbocycles. The quantitative estimate of drug-likeness (QED) is 0.883. The summed E-state index contributed by atoms with van der Waals surface area (Å²) in [7, 11) is 0. The molecule has 0 aliphatic rings. The predicted octanol–water partition coefficient (Wildman–Crippen LogP) is 3.15. The van der Waals surface area contributed by atoms with E-state index >= 15 is 0 Å². The van der Waals surface area contributed by atoms with Gasteiger partial charge in [0.1, 0.15) is 4.88 Å². The zero-order chi connectivity index (χ0) is 9.30. The summed E-state index contributed by atoms with van der Waals surface area (Å²) >= 11 is 3.46. The van der Waals surface area contributed by atoms with Crippen molar-refractivity contribution in [2.24, 2.45) is 0 Å². The first kappa shape index (κ1) is 9.60. The minimum Gasteiger partial charge on any atom is -0.477 e. The molecule has 66 valence electrons. The molecular weight excluding hydrogens is 254 g/mol. The van der Waals surface area contributed by atoms with Gasteiger partial charge in [0.2, 0.25) is 0 Å². The lowest BCUT2D eigenvalue weighted by molar-refractivity contribution is 0.0701. The van der Waals surface area contributed by atoms with Crippen molar-refractivity contribution in [3.05, 3.63) is 20.3 Å². The molecule has 0 fully saturated rings. The maximum atomic E-state index is 12.0. The summed E-state index contributed by atoms with van der Waals surface area (Å²) in [5.41, 5.74) is 0. The number of hydrogen-bond acceptors (Lipinski definition) is 2. The van der Waals surface area contributed by atoms with Crippen LogP contribution >= 0.6 is 27.3 Å². The monoisotopic (exact) mass is 256 g/mol. The molecule has 1 aromatic heterocycles. The average Bonchev–Trinajstić information content (AvgIpc) is 2.30. The number of aromatic carboxylic acids is 1. The van der Waals surface area contributed by atoms with Crippen LogP contribution in [-0.2, 0) is 0 Å². The molecule has 6 heteroatoms. The van der Waals surface area contributed by atoms with Crippen molar-refractivity contribution in [2.75, 3.05) is 0 Å². The molecule has 0 spiro atoms. The standard InChI is InChI=1S/C6H3BrF2O2S/c7-2-1-3(5(8)9)12-4(2)6(10)11/h1,5H,(H,10,11). The highest BCUT2D eigenvalue weighted by atomic mass is 79.9. The van der Waals surface area contributed by atoms with Crippen LogP contribution in [0.1, 0.15) is 21.0 Å². The highest BCUT2D eigenvalue weighted by Gasteiger charge is 2.18. The average molecular weight is 257 g/mol. The van der Waals surface area contributed by atoms with Gasteiger partial charge in [0, 0.05) is 4.47 Å². The molecule has 2 nitrogen and oxygen atoms in total. The van der Waals surface area contributed by atoms with Crippen LogP contribution in [0.15, 0.2) is 10.5 Å². The van der Waals surface area contributed by atoms with Crippen molar-refractivity contribution < 1.29 is 18.7 Å². The summed E-state index contributed by atoms with van der Waals surface area (Å²) in [6, 6.07) is 1.12. The molecule has 0 aliphatic heterocycles. The molecule has 0 radical (unpaired) electrons. The van der Waals surface area contributed by atoms with Gasteiger partial charge in [0.05, 0.1) is 4.88 Å². The van der Waals surface area contributed by atoms with Gasteiger partial charge in [-0.05, 0) is 22.0 Å². The molecular formula is C6H3BrF2O2S. The first-order valence-electron chi connectivity index (χ1n) is 2.83. The second-order valence-electron chi connectivity index (χ2n) is 1.93. The zero-order valence-corrected chi connectivity index (χ0v) is 7.95. The van der Waals surface area contributed by atoms with Gasteiger partial charge in [-0.3, -0.25) is 0 Å². The summed E-state index contributed by atoms with van der Waals surface area (Å²) in [5, 5.41) is 8.50. The maximum absolute atomic E-state index is 12.0. The Morgan fingerprint density at radius 2 is 2.25 bits per heavy atom. The number of hydrogen-bond donors (Lipinski definition) is 1. The molecule has 1 N–H and O–H groups in total. The summed E-state index contributed by atoms with van der Waals surface area (Å²) in [6.45, 7) is 0. The number of carbonyl (C=O) groups is 1. The normalized spacial score (nSPS) is 10.7. The third-order valence-corrected chi connectivity index (χ3v) is 3.13. The van der Waals surface area contributed by atoms with Crippen LogP contribution < -0.4 is 0 Å². The minimum atomic E-state index is -2.61. The number of rotatable bonds is 2. The maximum Gasteiger partial charge on any atom is 0.347 e. The SMILES string of the molecule is O=C(O)c1sc(C(F)F)cc1Br. The Hall–Kier alpha value is -0.490. The Bertz CT molecular complexity index is 310. The lowest BCUT2D eigenvalue weighted by Crippen LogP contribution is -1.91. The number of halogens is 3. The van der Waals surface area contributed by atoms with E-state index in [-0.39, 0.29) is 14.2 Å². The first-order valence-corrected chi connectivity index (χ1v) is 4.44. The summed E-state index contributed by atoms with van der Waals surface area (Å²) in [4.78, 5) is 10.1. The summed E-state index contributed by atoms with van der Waals surface area (Å²) in [5.74, 6) is -1.20. The van der Waals surface area contributed by atoms with E-state index in [4.69, 9.17) is 5.11 Å². The van der Waals surface area contributed by atoms with Crippen molar-refractivity contribution >= 4 is 33.2 Å². The van der Waals surface area contributed by atoms with Crippen LogP contribution in [0.25, 0.3) is 0 Å². The molecule has 1 aromatic rings. The Labute approximate surface area is 79.0 Å². The van der Waals surface area contributed by atoms with Gasteiger partial charge < -0.3 is 5.11 Å². The molecule has 0 aromatic carbocycles. The van der Waals surface area contributed by atoms with Gasteiger partial charge in [-0.1, -0.05) is 0 Å². The van der Waals surface area contributed by atoms with Gasteiger partial charge in [0.15, 0.2) is 0 Å². The lowest BCUT2D eigenvalue weighted by Gasteiger charge is -1.88. The Morgan fingerprint density at radius 3 is 2.50 bits per heavy atom. The third-order valence-electron chi connectivity index (χ3n) is 1.12. The van der Waals surface area contributed by atoms with Gasteiger partial charge >= 0.3 is 5.97 Å². The van der Waals surface area contributed by atoms with Crippen LogP contribution in [0.5, 0.6) is 0 Å². The van der Waals surface area contributed by atoms with E-state index in [2.05, 4.69) is 15.9 Å². The number of alkyl halides is 2. The van der Waals surface area contributed by atoms with E-state index < -0.39 is 12.4 Å². The van der Waals surface area contributed by atoms with Crippen molar-refractivity contribution in [2.45, 2.75) is 6.43 Å². The third kappa shape index (κ3) is 1.81. The molecule has 0 atom stereocenters. The second-order valence-corrected chi connectivity index (χ2v) is 3.87. The molecule has 0 unspecified atom stereocenters. The number of carboxylic acids is 1. The minimum absolute atomic E-state index is 0.0923. The van der Waals surface area contributed by atoms with Gasteiger partial charge in [-0.15, -0.1) is 11.3 Å². The van der Waals surface area contributed by atoms with Gasteiger partial charge in [0.25, 0.3) is 6.43 Å². The predicted molar refractivity (Wildman–Crippen MR) is 43.9 cm³/mol. The van der Waals surface area contributed by atoms with E-state index in [0.717, 1.165) is 6.07 Å². The molecule has 0 bridgehead atoms. The smallest absolute Gasteiger partial charge is 0.347 e. The van der Waals surface area contributed by atoms with Crippen LogP contribution in [0, 0.1) is 0 Å². The van der Waals surface area contributed by atoms with Crippen LogP contribution in [-0.4, -0.2) is 11.1 Å². The first-order chi connectivity index (χ1) is 5.52. The van der Waals surface area contributed by atoms with Crippen molar-refractivity contribution in [1.82, 2.24) is 0 Å². The largest absolute Gasteiger partial charge is 0.477 e. The molecule has 0 saturated carbocycles. The zero-order valence-electron chi connectivity index (χ0n) is 5.55. The molecule has 0 saturated heterocycles. The highest BCUT2D eigenvalue weighted by molar-refractivity contribution is 9.10. The van der Waals surface area contributed by atoms with Crippen molar-refractivity contribution in [3.63, 3.8) is 0 Å². The number of thiophene rings is 1. The van der Waals surface area contributed by atoms with E-state index in [1.807, 2.05) is 0 Å². The van der Waals surface area contributed by atoms with Crippen molar-refractivity contribution in [3.8, 4) is 0 Å². The van der Waals surface area contributed by atoms with E-state index in [1.54, 1.807) is 0 Å². The Morgan fingerprint density at radius 1 is 1.67 bits per heavy atom. The fourth-order valence-corrected chi connectivity index (χ4v) is 2.20. The summed E-state index contributed by atoms with van der Waals surface area (Å²) < 4.78 is 24.2. The van der Waals surface area contributed by atoms with E-state index in [9.17, 15) is 13.6 Å². The van der Waals surface area contributed by atoms with E-state index in [1.165, 1.54) is 0 Å². The second kappa shape index (κ2) is 3.49. The molecule has 1 heterocycles. The fraction of sp³-hybridized carbons (Fsp3) is 0.167. The van der Waals surface area contributed by atoms with Gasteiger partial charge in [-0.25, -0.2) is 13.6 Å². The molecule has 12 heavy (non-hydrogen) atoms. The molecule has 1 rings (SSSR count). The topological polar surface area (TPSA) is 37.3 Å². The van der Waals surface area contributed by atoms with Gasteiger partial charge in [-0.2, -0.15) is 0 Å². The highest BCUT2D eigenvalue weighted by Crippen LogP contribution is 2.33. The lowest BCUT2D eigenvalue weighted by atomic mass is 10.4. The Kier molecular flexibility index (Phi) is 2.79. The Balaban J connectivity index is 3.09. The van der Waals surface area contributed by atoms with Crippen molar-refractivity contribution in [1.29, 1.82) is 0 Å². The fourth-order valence-electron chi connectivity index (χ4n) is 0.640. The van der Waals surface area contributed by atoms with Crippen LogP contribution in [0.3, 0.4) is 0 Å². The molecule has 0 amide bonds. The van der Waals surface area contributed by atoms with Crippen LogP contribution in [0.4, 0.5) is 8.78 Å². The van der Waals surface area contributed by atoms with E-state index in [0.29, 0.717) is 11.3 Å². The summed E-state index contributed by atoms with van der Waals surface area (Å²) in [6.07, 6.45) is -2.61. The van der Waals surface area contributed by atoms with Crippen LogP contribution in [0.2, 0.25) is 0 Å². The number of carboxylic acid groups (broad SMARTS) is 1.